The highest BCUT2D eigenvalue weighted by Gasteiger charge is 2.22. The molecular formula is C11H22FN. The fraction of sp³-hybridized carbons (Fsp3) is 1.00. The molecule has 0 aromatic heterocycles. The molecule has 0 N–H and O–H groups in total. The van der Waals surface area contributed by atoms with Crippen molar-refractivity contribution in [2.45, 2.75) is 52.0 Å². The molecule has 1 saturated carbocycles. The lowest BCUT2D eigenvalue weighted by Crippen LogP contribution is -2.37. The number of hydrogen-bond acceptors (Lipinski definition) is 1. The van der Waals surface area contributed by atoms with E-state index in [1.165, 1.54) is 25.7 Å². The number of halogens is 1. The predicted molar refractivity (Wildman–Crippen MR) is 54.4 cm³/mol. The lowest BCUT2D eigenvalue weighted by Gasteiger charge is -2.34. The lowest BCUT2D eigenvalue weighted by molar-refractivity contribution is 0.0926. The van der Waals surface area contributed by atoms with Crippen LogP contribution >= 0.6 is 0 Å². The summed E-state index contributed by atoms with van der Waals surface area (Å²) in [4.78, 5) is 2.01. The number of hydrogen-bond donors (Lipinski definition) is 0. The van der Waals surface area contributed by atoms with E-state index >= 15 is 0 Å². The Balaban J connectivity index is 2.32. The van der Waals surface area contributed by atoms with Gasteiger partial charge in [-0.2, -0.15) is 0 Å². The van der Waals surface area contributed by atoms with E-state index in [0.29, 0.717) is 6.04 Å². The van der Waals surface area contributed by atoms with Crippen LogP contribution in [-0.4, -0.2) is 24.3 Å². The van der Waals surface area contributed by atoms with Gasteiger partial charge in [0.05, 0.1) is 0 Å². The van der Waals surface area contributed by atoms with E-state index in [1.807, 2.05) is 4.90 Å². The summed E-state index contributed by atoms with van der Waals surface area (Å²) in [5, 5.41) is 0. The van der Waals surface area contributed by atoms with Crippen LogP contribution in [0.3, 0.4) is 0 Å². The molecule has 1 fully saturated rings. The van der Waals surface area contributed by atoms with E-state index in [4.69, 9.17) is 0 Å². The van der Waals surface area contributed by atoms with Crippen molar-refractivity contribution < 1.29 is 4.39 Å². The van der Waals surface area contributed by atoms with Crippen molar-refractivity contribution in [2.24, 2.45) is 5.92 Å². The molecular weight excluding hydrogens is 165 g/mol. The van der Waals surface area contributed by atoms with Gasteiger partial charge in [0.15, 0.2) is 0 Å². The molecule has 0 aromatic rings. The average molecular weight is 187 g/mol. The van der Waals surface area contributed by atoms with E-state index in [-0.39, 0.29) is 6.80 Å². The zero-order valence-corrected chi connectivity index (χ0v) is 8.93. The molecule has 1 aliphatic rings. The van der Waals surface area contributed by atoms with Crippen molar-refractivity contribution in [1.82, 2.24) is 4.90 Å². The number of alkyl halides is 1. The topological polar surface area (TPSA) is 3.24 Å². The van der Waals surface area contributed by atoms with Gasteiger partial charge in [-0.3, -0.25) is 4.90 Å². The van der Waals surface area contributed by atoms with Gasteiger partial charge >= 0.3 is 0 Å². The molecule has 1 aliphatic carbocycles. The first-order valence-corrected chi connectivity index (χ1v) is 5.58. The summed E-state index contributed by atoms with van der Waals surface area (Å²) in [6, 6.07) is 0.529. The summed E-state index contributed by atoms with van der Waals surface area (Å²) >= 11 is 0. The standard InChI is InChI=1S/C11H22FN/c1-3-8-13(9-12)11-6-4-10(2)5-7-11/h10-11H,3-9H2,1-2H3. The second-order valence-electron chi connectivity index (χ2n) is 4.35. The van der Waals surface area contributed by atoms with Crippen LogP contribution in [0.5, 0.6) is 0 Å². The van der Waals surface area contributed by atoms with Gasteiger partial charge in [0.25, 0.3) is 0 Å². The van der Waals surface area contributed by atoms with Gasteiger partial charge in [-0.05, 0) is 38.0 Å². The summed E-state index contributed by atoms with van der Waals surface area (Å²) < 4.78 is 12.7. The molecule has 0 aliphatic heterocycles. The van der Waals surface area contributed by atoms with Crippen molar-refractivity contribution in [2.75, 3.05) is 13.3 Å². The SMILES string of the molecule is CCCN(CF)C1CCC(C)CC1. The van der Waals surface area contributed by atoms with Crippen LogP contribution in [0.15, 0.2) is 0 Å². The quantitative estimate of drug-likeness (QED) is 0.611. The van der Waals surface area contributed by atoms with Crippen LogP contribution in [0.2, 0.25) is 0 Å². The third kappa shape index (κ3) is 3.26. The predicted octanol–water partition coefficient (Wildman–Crippen LogP) is 3.20. The van der Waals surface area contributed by atoms with Crippen molar-refractivity contribution in [3.8, 4) is 0 Å². The third-order valence-corrected chi connectivity index (χ3v) is 3.17. The van der Waals surface area contributed by atoms with Crippen LogP contribution in [0.1, 0.15) is 46.0 Å². The molecule has 0 atom stereocenters. The van der Waals surface area contributed by atoms with Crippen LogP contribution < -0.4 is 0 Å². The van der Waals surface area contributed by atoms with Crippen molar-refractivity contribution >= 4 is 0 Å². The maximum Gasteiger partial charge on any atom is 0.143 e. The maximum absolute atomic E-state index is 12.7. The summed E-state index contributed by atoms with van der Waals surface area (Å²) in [5.74, 6) is 0.860. The normalized spacial score (nSPS) is 29.5. The Kier molecular flexibility index (Phi) is 4.71. The Morgan fingerprint density at radius 3 is 2.31 bits per heavy atom. The van der Waals surface area contributed by atoms with E-state index in [0.717, 1.165) is 18.9 Å². The van der Waals surface area contributed by atoms with Crippen molar-refractivity contribution in [3.63, 3.8) is 0 Å². The Hall–Kier alpha value is -0.110. The molecule has 0 radical (unpaired) electrons. The van der Waals surface area contributed by atoms with Gasteiger partial charge in [0.1, 0.15) is 6.80 Å². The van der Waals surface area contributed by atoms with Crippen molar-refractivity contribution in [1.29, 1.82) is 0 Å². The zero-order chi connectivity index (χ0) is 9.68. The smallest absolute Gasteiger partial charge is 0.143 e. The third-order valence-electron chi connectivity index (χ3n) is 3.17. The highest BCUT2D eigenvalue weighted by Crippen LogP contribution is 2.27. The summed E-state index contributed by atoms with van der Waals surface area (Å²) in [5.41, 5.74) is 0. The Morgan fingerprint density at radius 1 is 1.23 bits per heavy atom. The highest BCUT2D eigenvalue weighted by molar-refractivity contribution is 4.76. The van der Waals surface area contributed by atoms with Crippen LogP contribution in [-0.2, 0) is 0 Å². The van der Waals surface area contributed by atoms with Crippen LogP contribution in [0.25, 0.3) is 0 Å². The van der Waals surface area contributed by atoms with Gasteiger partial charge in [-0.15, -0.1) is 0 Å². The average Bonchev–Trinajstić information content (AvgIpc) is 2.16. The first-order valence-electron chi connectivity index (χ1n) is 5.58. The molecule has 0 bridgehead atoms. The summed E-state index contributed by atoms with van der Waals surface area (Å²) in [7, 11) is 0. The number of nitrogens with zero attached hydrogens (tertiary/aromatic N) is 1. The first-order chi connectivity index (χ1) is 6.27. The maximum atomic E-state index is 12.7. The van der Waals surface area contributed by atoms with Crippen LogP contribution in [0.4, 0.5) is 4.39 Å². The minimum atomic E-state index is -0.257. The first kappa shape index (κ1) is 11.0. The molecule has 0 saturated heterocycles. The molecule has 0 heterocycles. The second kappa shape index (κ2) is 5.58. The fourth-order valence-electron chi connectivity index (χ4n) is 2.23. The minimum absolute atomic E-state index is 0.257. The molecule has 0 unspecified atom stereocenters. The monoisotopic (exact) mass is 187 g/mol. The van der Waals surface area contributed by atoms with Crippen molar-refractivity contribution in [3.05, 3.63) is 0 Å². The molecule has 13 heavy (non-hydrogen) atoms. The van der Waals surface area contributed by atoms with E-state index in [2.05, 4.69) is 13.8 Å². The Morgan fingerprint density at radius 2 is 1.85 bits per heavy atom. The minimum Gasteiger partial charge on any atom is -0.274 e. The number of rotatable bonds is 4. The van der Waals surface area contributed by atoms with Gasteiger partial charge in [-0.25, -0.2) is 4.39 Å². The fourth-order valence-corrected chi connectivity index (χ4v) is 2.23. The molecule has 0 spiro atoms. The van der Waals surface area contributed by atoms with Gasteiger partial charge in [-0.1, -0.05) is 13.8 Å². The van der Waals surface area contributed by atoms with Gasteiger partial charge in [0.2, 0.25) is 0 Å². The lowest BCUT2D eigenvalue weighted by atomic mass is 9.87. The van der Waals surface area contributed by atoms with E-state index in [1.54, 1.807) is 0 Å². The molecule has 2 heteroatoms. The largest absolute Gasteiger partial charge is 0.274 e. The Bertz CT molecular complexity index is 130. The van der Waals surface area contributed by atoms with Crippen LogP contribution in [0, 0.1) is 5.92 Å². The molecule has 78 valence electrons. The molecule has 0 aromatic carbocycles. The molecule has 1 rings (SSSR count). The van der Waals surface area contributed by atoms with E-state index in [9.17, 15) is 4.39 Å². The second-order valence-corrected chi connectivity index (χ2v) is 4.35. The summed E-state index contributed by atoms with van der Waals surface area (Å²) in [6.07, 6.45) is 6.03. The van der Waals surface area contributed by atoms with E-state index < -0.39 is 0 Å². The molecule has 0 amide bonds. The summed E-state index contributed by atoms with van der Waals surface area (Å²) in [6.45, 7) is 5.09. The Labute approximate surface area is 81.3 Å². The molecule has 1 nitrogen and oxygen atoms in total. The van der Waals surface area contributed by atoms with Gasteiger partial charge < -0.3 is 0 Å². The van der Waals surface area contributed by atoms with Gasteiger partial charge in [0, 0.05) is 12.6 Å². The zero-order valence-electron chi connectivity index (χ0n) is 8.93. The highest BCUT2D eigenvalue weighted by atomic mass is 19.1.